The Morgan fingerprint density at radius 2 is 1.69 bits per heavy atom. The number of amides is 1. The van der Waals surface area contributed by atoms with Crippen LogP contribution in [0.5, 0.6) is 11.5 Å². The highest BCUT2D eigenvalue weighted by atomic mass is 35.5. The first-order valence-electron chi connectivity index (χ1n) is 10.1. The number of benzene rings is 2. The van der Waals surface area contributed by atoms with Gasteiger partial charge in [-0.25, -0.2) is 4.98 Å². The zero-order valence-corrected chi connectivity index (χ0v) is 19.8. The van der Waals surface area contributed by atoms with Gasteiger partial charge in [-0.1, -0.05) is 17.7 Å². The molecule has 0 aliphatic carbocycles. The third-order valence-corrected chi connectivity index (χ3v) is 5.31. The van der Waals surface area contributed by atoms with Crippen LogP contribution in [0.4, 0.5) is 5.82 Å². The molecule has 0 saturated carbocycles. The van der Waals surface area contributed by atoms with E-state index in [0.29, 0.717) is 41.8 Å². The first-order valence-corrected chi connectivity index (χ1v) is 10.5. The van der Waals surface area contributed by atoms with Gasteiger partial charge in [0.2, 0.25) is 0 Å². The maximum atomic E-state index is 13.5. The molecule has 3 rings (SSSR count). The number of nitrogens with zero attached hydrogens (tertiary/aromatic N) is 3. The second-order valence-electron chi connectivity index (χ2n) is 7.52. The monoisotopic (exact) mass is 457 g/mol. The molecule has 8 heteroatoms. The number of halogens is 1. The third kappa shape index (κ3) is 5.41. The molecule has 0 N–H and O–H groups in total. The van der Waals surface area contributed by atoms with E-state index in [0.717, 1.165) is 22.3 Å². The van der Waals surface area contributed by atoms with Crippen LogP contribution in [0.25, 0.3) is 10.9 Å². The molecule has 32 heavy (non-hydrogen) atoms. The van der Waals surface area contributed by atoms with Crippen molar-refractivity contribution in [3.8, 4) is 11.5 Å². The SMILES string of the molecule is COCCN(Cc1cc2ccc(Cl)cc2nc1N(C)C)C(=O)c1cc(OC)cc(OC)c1. The van der Waals surface area contributed by atoms with Gasteiger partial charge < -0.3 is 24.0 Å². The number of pyridine rings is 1. The zero-order chi connectivity index (χ0) is 23.3. The quantitative estimate of drug-likeness (QED) is 0.478. The van der Waals surface area contributed by atoms with Gasteiger partial charge in [-0.3, -0.25) is 4.79 Å². The van der Waals surface area contributed by atoms with Crippen LogP contribution >= 0.6 is 11.6 Å². The van der Waals surface area contributed by atoms with Crippen LogP contribution < -0.4 is 14.4 Å². The molecule has 0 saturated heterocycles. The summed E-state index contributed by atoms with van der Waals surface area (Å²) in [6.07, 6.45) is 0. The standard InChI is InChI=1S/C24H28ClN3O4/c1-27(2)23-18(10-16-6-7-19(25)13-22(16)26-23)15-28(8-9-30-3)24(29)17-11-20(31-4)14-21(12-17)32-5/h6-7,10-14H,8-9,15H2,1-5H3. The van der Waals surface area contributed by atoms with Gasteiger partial charge >= 0.3 is 0 Å². The number of hydrogen-bond donors (Lipinski definition) is 0. The summed E-state index contributed by atoms with van der Waals surface area (Å²) in [4.78, 5) is 21.9. The predicted octanol–water partition coefficient (Wildman–Crippen LogP) is 4.26. The fourth-order valence-corrected chi connectivity index (χ4v) is 3.62. The smallest absolute Gasteiger partial charge is 0.254 e. The molecule has 0 unspecified atom stereocenters. The average molecular weight is 458 g/mol. The maximum Gasteiger partial charge on any atom is 0.254 e. The topological polar surface area (TPSA) is 64.1 Å². The van der Waals surface area contributed by atoms with Crippen molar-refractivity contribution in [3.63, 3.8) is 0 Å². The van der Waals surface area contributed by atoms with Crippen LogP contribution in [-0.4, -0.2) is 64.4 Å². The van der Waals surface area contributed by atoms with E-state index in [1.165, 1.54) is 0 Å². The molecule has 0 aliphatic heterocycles. The van der Waals surface area contributed by atoms with Crippen molar-refractivity contribution in [2.45, 2.75) is 6.54 Å². The number of rotatable bonds is 9. The van der Waals surface area contributed by atoms with Crippen LogP contribution in [0.15, 0.2) is 42.5 Å². The van der Waals surface area contributed by atoms with E-state index in [1.807, 2.05) is 43.3 Å². The van der Waals surface area contributed by atoms with Crippen LogP contribution in [0.2, 0.25) is 5.02 Å². The predicted molar refractivity (Wildman–Crippen MR) is 127 cm³/mol. The van der Waals surface area contributed by atoms with E-state index in [1.54, 1.807) is 44.4 Å². The van der Waals surface area contributed by atoms with E-state index < -0.39 is 0 Å². The van der Waals surface area contributed by atoms with Gasteiger partial charge in [-0.2, -0.15) is 0 Å². The van der Waals surface area contributed by atoms with Crippen molar-refractivity contribution < 1.29 is 19.0 Å². The summed E-state index contributed by atoms with van der Waals surface area (Å²) in [5.74, 6) is 1.73. The Morgan fingerprint density at radius 1 is 1.00 bits per heavy atom. The van der Waals surface area contributed by atoms with Crippen LogP contribution in [-0.2, 0) is 11.3 Å². The lowest BCUT2D eigenvalue weighted by Gasteiger charge is -2.26. The molecule has 7 nitrogen and oxygen atoms in total. The molecule has 0 spiro atoms. The van der Waals surface area contributed by atoms with Crippen molar-refractivity contribution in [1.29, 1.82) is 0 Å². The average Bonchev–Trinajstić information content (AvgIpc) is 2.80. The second kappa shape index (κ2) is 10.5. The van der Waals surface area contributed by atoms with Gasteiger partial charge in [0.25, 0.3) is 5.91 Å². The molecule has 0 aliphatic rings. The Morgan fingerprint density at radius 3 is 2.28 bits per heavy atom. The summed E-state index contributed by atoms with van der Waals surface area (Å²) in [5, 5.41) is 1.59. The first kappa shape index (κ1) is 23.6. The Bertz CT molecular complexity index is 1080. The van der Waals surface area contributed by atoms with Crippen LogP contribution in [0, 0.1) is 0 Å². The molecular weight excluding hydrogens is 430 g/mol. The number of anilines is 1. The summed E-state index contributed by atoms with van der Waals surface area (Å²) in [6.45, 7) is 1.18. The van der Waals surface area contributed by atoms with Gasteiger partial charge in [0, 0.05) is 61.9 Å². The van der Waals surface area contributed by atoms with Gasteiger partial charge in [-0.05, 0) is 30.3 Å². The van der Waals surface area contributed by atoms with Crippen molar-refractivity contribution >= 4 is 34.2 Å². The van der Waals surface area contributed by atoms with E-state index >= 15 is 0 Å². The lowest BCUT2D eigenvalue weighted by atomic mass is 10.1. The van der Waals surface area contributed by atoms with E-state index in [2.05, 4.69) is 0 Å². The Labute approximate surface area is 193 Å². The minimum absolute atomic E-state index is 0.153. The molecule has 1 heterocycles. The van der Waals surface area contributed by atoms with E-state index in [4.69, 9.17) is 30.8 Å². The number of carbonyl (C=O) groups excluding carboxylic acids is 1. The number of hydrogen-bond acceptors (Lipinski definition) is 6. The Hall–Kier alpha value is -3.03. The van der Waals surface area contributed by atoms with Crippen molar-refractivity contribution in [2.75, 3.05) is 53.5 Å². The maximum absolute atomic E-state index is 13.5. The summed E-state index contributed by atoms with van der Waals surface area (Å²) in [7, 11) is 8.58. The van der Waals surface area contributed by atoms with Crippen molar-refractivity contribution in [1.82, 2.24) is 9.88 Å². The highest BCUT2D eigenvalue weighted by Gasteiger charge is 2.21. The van der Waals surface area contributed by atoms with Gasteiger partial charge in [0.15, 0.2) is 0 Å². The molecule has 0 atom stereocenters. The largest absolute Gasteiger partial charge is 0.497 e. The Kier molecular flexibility index (Phi) is 7.77. The lowest BCUT2D eigenvalue weighted by molar-refractivity contribution is 0.0680. The summed E-state index contributed by atoms with van der Waals surface area (Å²) >= 11 is 6.15. The Balaban J connectivity index is 2.02. The highest BCUT2D eigenvalue weighted by molar-refractivity contribution is 6.31. The van der Waals surface area contributed by atoms with Crippen LogP contribution in [0.3, 0.4) is 0 Å². The van der Waals surface area contributed by atoms with E-state index in [-0.39, 0.29) is 5.91 Å². The van der Waals surface area contributed by atoms with Crippen molar-refractivity contribution in [2.24, 2.45) is 0 Å². The summed E-state index contributed by atoms with van der Waals surface area (Å²) in [5.41, 5.74) is 2.20. The minimum Gasteiger partial charge on any atom is -0.497 e. The van der Waals surface area contributed by atoms with E-state index in [9.17, 15) is 4.79 Å². The first-order chi connectivity index (χ1) is 15.4. The van der Waals surface area contributed by atoms with Crippen LogP contribution in [0.1, 0.15) is 15.9 Å². The molecule has 2 aromatic carbocycles. The fourth-order valence-electron chi connectivity index (χ4n) is 3.45. The molecular formula is C24H28ClN3O4. The second-order valence-corrected chi connectivity index (χ2v) is 7.96. The number of carbonyl (C=O) groups is 1. The minimum atomic E-state index is -0.153. The van der Waals surface area contributed by atoms with Crippen molar-refractivity contribution in [3.05, 3.63) is 58.6 Å². The number of methoxy groups -OCH3 is 3. The van der Waals surface area contributed by atoms with Gasteiger partial charge in [0.05, 0.1) is 26.3 Å². The lowest BCUT2D eigenvalue weighted by Crippen LogP contribution is -2.34. The normalized spacial score (nSPS) is 10.8. The number of fused-ring (bicyclic) bond motifs is 1. The molecule has 1 aromatic heterocycles. The fraction of sp³-hybridized carbons (Fsp3) is 0.333. The molecule has 0 bridgehead atoms. The highest BCUT2D eigenvalue weighted by Crippen LogP contribution is 2.28. The molecule has 3 aromatic rings. The molecule has 0 fully saturated rings. The third-order valence-electron chi connectivity index (χ3n) is 5.07. The molecule has 0 radical (unpaired) electrons. The summed E-state index contributed by atoms with van der Waals surface area (Å²) < 4.78 is 15.9. The molecule has 1 amide bonds. The summed E-state index contributed by atoms with van der Waals surface area (Å²) in [6, 6.07) is 12.8. The number of aromatic nitrogens is 1. The molecule has 170 valence electrons. The van der Waals surface area contributed by atoms with Gasteiger partial charge in [0.1, 0.15) is 17.3 Å². The zero-order valence-electron chi connectivity index (χ0n) is 19.0. The number of ether oxygens (including phenoxy) is 3. The van der Waals surface area contributed by atoms with Gasteiger partial charge in [-0.15, -0.1) is 0 Å².